The lowest BCUT2D eigenvalue weighted by atomic mass is 9.96. The topological polar surface area (TPSA) is 53.4 Å². The van der Waals surface area contributed by atoms with Gasteiger partial charge in [-0.1, -0.05) is 30.3 Å². The fourth-order valence-corrected chi connectivity index (χ4v) is 4.21. The summed E-state index contributed by atoms with van der Waals surface area (Å²) in [6, 6.07) is 18.3. The van der Waals surface area contributed by atoms with Crippen LogP contribution in [0.25, 0.3) is 22.0 Å². The number of carbonyl (C=O) groups is 1. The van der Waals surface area contributed by atoms with Crippen molar-refractivity contribution >= 4 is 16.8 Å². The summed E-state index contributed by atoms with van der Waals surface area (Å²) in [5.41, 5.74) is 4.78. The van der Waals surface area contributed by atoms with E-state index in [1.54, 1.807) is 0 Å². The molecule has 1 saturated heterocycles. The van der Waals surface area contributed by atoms with Gasteiger partial charge in [-0.15, -0.1) is 0 Å². The Labute approximate surface area is 165 Å². The average molecular weight is 374 g/mol. The number of pyridine rings is 1. The van der Waals surface area contributed by atoms with E-state index < -0.39 is 0 Å². The van der Waals surface area contributed by atoms with Crippen LogP contribution in [0.2, 0.25) is 0 Å². The number of carbonyl (C=O) groups excluding carboxylic acids is 1. The van der Waals surface area contributed by atoms with Crippen LogP contribution in [0.15, 0.2) is 54.6 Å². The quantitative estimate of drug-likeness (QED) is 0.727. The highest BCUT2D eigenvalue weighted by Crippen LogP contribution is 2.29. The second kappa shape index (κ2) is 8.11. The third-order valence-electron chi connectivity index (χ3n) is 5.64. The normalized spacial score (nSPS) is 17.1. The predicted molar refractivity (Wildman–Crippen MR) is 112 cm³/mol. The maximum atomic E-state index is 13.2. The maximum absolute atomic E-state index is 13.2. The van der Waals surface area contributed by atoms with Gasteiger partial charge in [-0.05, 0) is 68.0 Å². The molecule has 1 amide bonds. The van der Waals surface area contributed by atoms with Gasteiger partial charge >= 0.3 is 0 Å². The summed E-state index contributed by atoms with van der Waals surface area (Å²) in [7, 11) is 0. The van der Waals surface area contributed by atoms with E-state index in [9.17, 15) is 9.90 Å². The van der Waals surface area contributed by atoms with Crippen molar-refractivity contribution in [2.75, 3.05) is 13.2 Å². The number of aryl methyl sites for hydroxylation is 1. The molecule has 0 saturated carbocycles. The van der Waals surface area contributed by atoms with E-state index in [4.69, 9.17) is 0 Å². The van der Waals surface area contributed by atoms with Crippen molar-refractivity contribution in [3.8, 4) is 11.1 Å². The van der Waals surface area contributed by atoms with Crippen LogP contribution < -0.4 is 0 Å². The Hall–Kier alpha value is -2.72. The van der Waals surface area contributed by atoms with Gasteiger partial charge in [0.05, 0.1) is 5.52 Å². The Morgan fingerprint density at radius 3 is 2.86 bits per heavy atom. The van der Waals surface area contributed by atoms with E-state index in [1.807, 2.05) is 54.3 Å². The molecule has 4 rings (SSSR count). The van der Waals surface area contributed by atoms with E-state index in [1.165, 1.54) is 0 Å². The molecule has 0 radical (unpaired) electrons. The summed E-state index contributed by atoms with van der Waals surface area (Å²) in [5.74, 6) is 0.0641. The van der Waals surface area contributed by atoms with Crippen molar-refractivity contribution in [1.29, 1.82) is 0 Å². The van der Waals surface area contributed by atoms with E-state index in [2.05, 4.69) is 17.1 Å². The summed E-state index contributed by atoms with van der Waals surface area (Å²) in [4.78, 5) is 19.8. The van der Waals surface area contributed by atoms with E-state index in [0.29, 0.717) is 12.0 Å². The minimum Gasteiger partial charge on any atom is -0.396 e. The number of amides is 1. The summed E-state index contributed by atoms with van der Waals surface area (Å²) in [6.45, 7) is 2.88. The smallest absolute Gasteiger partial charge is 0.254 e. The van der Waals surface area contributed by atoms with Gasteiger partial charge in [0, 0.05) is 35.8 Å². The number of aliphatic hydroxyl groups is 1. The third-order valence-corrected chi connectivity index (χ3v) is 5.64. The molecule has 1 fully saturated rings. The molecular formula is C24H26N2O2. The molecule has 144 valence electrons. The SMILES string of the molecule is Cc1ccc2c(-c3cccc(C(=O)N4CCCCC4CCO)c3)cccc2n1. The minimum atomic E-state index is 0.0641. The monoisotopic (exact) mass is 374 g/mol. The number of hydrogen-bond acceptors (Lipinski definition) is 3. The molecule has 1 N–H and O–H groups in total. The lowest BCUT2D eigenvalue weighted by Crippen LogP contribution is -2.44. The van der Waals surface area contributed by atoms with E-state index in [-0.39, 0.29) is 18.6 Å². The number of likely N-dealkylation sites (tertiary alicyclic amines) is 1. The van der Waals surface area contributed by atoms with Crippen LogP contribution in [0.5, 0.6) is 0 Å². The van der Waals surface area contributed by atoms with Gasteiger partial charge in [0.2, 0.25) is 0 Å². The second-order valence-electron chi connectivity index (χ2n) is 7.57. The van der Waals surface area contributed by atoms with Gasteiger partial charge in [-0.3, -0.25) is 9.78 Å². The Balaban J connectivity index is 1.69. The van der Waals surface area contributed by atoms with Crippen LogP contribution in [-0.2, 0) is 0 Å². The van der Waals surface area contributed by atoms with Gasteiger partial charge in [0.15, 0.2) is 0 Å². The molecule has 4 nitrogen and oxygen atoms in total. The zero-order chi connectivity index (χ0) is 19.5. The molecule has 1 aliphatic heterocycles. The molecule has 1 aromatic heterocycles. The standard InChI is InChI=1S/C24H26N2O2/c1-17-11-12-22-21(9-5-10-23(22)25-17)18-6-4-7-19(16-18)24(28)26-14-3-2-8-20(26)13-15-27/h4-7,9-12,16,20,27H,2-3,8,13-15H2,1H3. The van der Waals surface area contributed by atoms with Crippen LogP contribution in [0, 0.1) is 6.92 Å². The molecule has 0 bridgehead atoms. The highest BCUT2D eigenvalue weighted by atomic mass is 16.3. The van der Waals surface area contributed by atoms with Crippen LogP contribution in [0.4, 0.5) is 0 Å². The fraction of sp³-hybridized carbons (Fsp3) is 0.333. The predicted octanol–water partition coefficient (Wildman–Crippen LogP) is 4.59. The fourth-order valence-electron chi connectivity index (χ4n) is 4.21. The number of aliphatic hydroxyl groups excluding tert-OH is 1. The van der Waals surface area contributed by atoms with Crippen molar-refractivity contribution in [2.24, 2.45) is 0 Å². The molecule has 4 heteroatoms. The largest absolute Gasteiger partial charge is 0.396 e. The minimum absolute atomic E-state index is 0.0641. The number of hydrogen-bond donors (Lipinski definition) is 1. The van der Waals surface area contributed by atoms with Crippen LogP contribution in [0.3, 0.4) is 0 Å². The van der Waals surface area contributed by atoms with Crippen molar-refractivity contribution < 1.29 is 9.90 Å². The number of aromatic nitrogens is 1. The summed E-state index contributed by atoms with van der Waals surface area (Å²) < 4.78 is 0. The molecule has 0 spiro atoms. The van der Waals surface area contributed by atoms with Crippen LogP contribution in [-0.4, -0.2) is 40.1 Å². The number of nitrogens with zero attached hydrogens (tertiary/aromatic N) is 2. The Morgan fingerprint density at radius 1 is 1.14 bits per heavy atom. The van der Waals surface area contributed by atoms with Crippen molar-refractivity contribution in [3.63, 3.8) is 0 Å². The molecule has 1 aliphatic rings. The van der Waals surface area contributed by atoms with Crippen molar-refractivity contribution in [3.05, 3.63) is 65.9 Å². The number of rotatable bonds is 4. The second-order valence-corrected chi connectivity index (χ2v) is 7.57. The lowest BCUT2D eigenvalue weighted by molar-refractivity contribution is 0.0574. The lowest BCUT2D eigenvalue weighted by Gasteiger charge is -2.35. The van der Waals surface area contributed by atoms with E-state index in [0.717, 1.165) is 53.5 Å². The Morgan fingerprint density at radius 2 is 2.00 bits per heavy atom. The number of piperidine rings is 1. The zero-order valence-corrected chi connectivity index (χ0v) is 16.3. The van der Waals surface area contributed by atoms with Gasteiger partial charge < -0.3 is 10.0 Å². The zero-order valence-electron chi connectivity index (χ0n) is 16.3. The highest BCUT2D eigenvalue weighted by Gasteiger charge is 2.27. The van der Waals surface area contributed by atoms with Crippen LogP contribution >= 0.6 is 0 Å². The third kappa shape index (κ3) is 3.65. The average Bonchev–Trinajstić information content (AvgIpc) is 2.73. The van der Waals surface area contributed by atoms with Crippen LogP contribution in [0.1, 0.15) is 41.7 Å². The molecule has 1 atom stereocenters. The van der Waals surface area contributed by atoms with Gasteiger partial charge in [-0.25, -0.2) is 0 Å². The van der Waals surface area contributed by atoms with Crippen molar-refractivity contribution in [1.82, 2.24) is 9.88 Å². The summed E-state index contributed by atoms with van der Waals surface area (Å²) in [5, 5.41) is 10.4. The van der Waals surface area contributed by atoms with Gasteiger partial charge in [-0.2, -0.15) is 0 Å². The Kier molecular flexibility index (Phi) is 5.40. The maximum Gasteiger partial charge on any atom is 0.254 e. The first kappa shape index (κ1) is 18.6. The summed E-state index contributed by atoms with van der Waals surface area (Å²) in [6.07, 6.45) is 3.78. The first-order valence-electron chi connectivity index (χ1n) is 10.1. The highest BCUT2D eigenvalue weighted by molar-refractivity contribution is 5.99. The van der Waals surface area contributed by atoms with Gasteiger partial charge in [0.1, 0.15) is 0 Å². The van der Waals surface area contributed by atoms with Crippen molar-refractivity contribution in [2.45, 2.75) is 38.6 Å². The number of fused-ring (bicyclic) bond motifs is 1. The first-order valence-corrected chi connectivity index (χ1v) is 10.1. The van der Waals surface area contributed by atoms with E-state index >= 15 is 0 Å². The molecule has 2 aromatic carbocycles. The molecule has 1 unspecified atom stereocenters. The molecule has 28 heavy (non-hydrogen) atoms. The Bertz CT molecular complexity index is 997. The molecular weight excluding hydrogens is 348 g/mol. The molecule has 3 aromatic rings. The molecule has 0 aliphatic carbocycles. The number of benzene rings is 2. The summed E-state index contributed by atoms with van der Waals surface area (Å²) >= 11 is 0. The molecule has 2 heterocycles. The first-order chi connectivity index (χ1) is 13.7. The van der Waals surface area contributed by atoms with Gasteiger partial charge in [0.25, 0.3) is 5.91 Å².